The molecule has 0 aliphatic carbocycles. The van der Waals surface area contributed by atoms with Gasteiger partial charge in [-0.3, -0.25) is 4.79 Å². The summed E-state index contributed by atoms with van der Waals surface area (Å²) in [6.45, 7) is 6.25. The van der Waals surface area contributed by atoms with Crippen LogP contribution in [-0.2, 0) is 31.8 Å². The molecule has 0 spiro atoms. The first-order valence-corrected chi connectivity index (χ1v) is 13.6. The minimum absolute atomic E-state index is 0.214. The Balaban J connectivity index is 1.60. The lowest BCUT2D eigenvalue weighted by atomic mass is 9.61. The smallest absolute Gasteiger partial charge is 0.408 e. The van der Waals surface area contributed by atoms with E-state index in [1.807, 2.05) is 93.6 Å². The molecule has 2 amide bonds. The van der Waals surface area contributed by atoms with Crippen molar-refractivity contribution in [2.45, 2.75) is 56.5 Å². The Kier molecular flexibility index (Phi) is 5.81. The molecule has 3 atom stereocenters. The third-order valence-electron chi connectivity index (χ3n) is 7.68. The number of fused-ring (bicyclic) bond motifs is 4. The highest BCUT2D eigenvalue weighted by Crippen LogP contribution is 2.61. The summed E-state index contributed by atoms with van der Waals surface area (Å²) < 4.78 is 12.8. The van der Waals surface area contributed by atoms with Crippen molar-refractivity contribution in [3.63, 3.8) is 0 Å². The lowest BCUT2D eigenvalue weighted by Gasteiger charge is -2.45. The van der Waals surface area contributed by atoms with Crippen LogP contribution < -0.4 is 15.5 Å². The molecule has 3 aliphatic heterocycles. The van der Waals surface area contributed by atoms with Crippen LogP contribution >= 0.6 is 15.9 Å². The Morgan fingerprint density at radius 3 is 2.61 bits per heavy atom. The lowest BCUT2D eigenvalue weighted by molar-refractivity contribution is -0.128. The molecule has 3 aliphatic rings. The number of benzene rings is 3. The zero-order valence-corrected chi connectivity index (χ0v) is 23.2. The molecule has 2 N–H and O–H groups in total. The largest absolute Gasteiger partial charge is 0.444 e. The number of nitrogens with zero attached hydrogens (tertiary/aromatic N) is 1. The lowest BCUT2D eigenvalue weighted by Crippen LogP contribution is -2.67. The van der Waals surface area contributed by atoms with Gasteiger partial charge in [-0.1, -0.05) is 64.5 Å². The number of carbonyl (C=O) groups excluding carboxylic acids is 2. The molecule has 38 heavy (non-hydrogen) atoms. The molecule has 8 heteroatoms. The summed E-state index contributed by atoms with van der Waals surface area (Å²) in [6, 6.07) is 23.6. The molecule has 0 aromatic heterocycles. The van der Waals surface area contributed by atoms with Gasteiger partial charge in [0, 0.05) is 15.7 Å². The summed E-state index contributed by atoms with van der Waals surface area (Å²) in [6.07, 6.45) is -0.626. The second-order valence-corrected chi connectivity index (χ2v) is 12.0. The van der Waals surface area contributed by atoms with E-state index < -0.39 is 28.9 Å². The van der Waals surface area contributed by atoms with Gasteiger partial charge in [0.2, 0.25) is 0 Å². The molecular weight excluding hydrogens is 546 g/mol. The third-order valence-corrected chi connectivity index (χ3v) is 8.18. The van der Waals surface area contributed by atoms with Gasteiger partial charge in [-0.25, -0.2) is 4.79 Å². The summed E-state index contributed by atoms with van der Waals surface area (Å²) in [4.78, 5) is 30.4. The van der Waals surface area contributed by atoms with E-state index in [9.17, 15) is 9.59 Å². The van der Waals surface area contributed by atoms with Crippen LogP contribution in [0.5, 0.6) is 0 Å². The molecule has 6 rings (SSSR count). The average Bonchev–Trinajstić information content (AvgIpc) is 3.49. The predicted molar refractivity (Wildman–Crippen MR) is 149 cm³/mol. The standard InChI is InChI=1S/C30H30BrN3O4/c1-28(2,3)38-27(36)33-30(29-15-16-37-25(29)32-23-12-8-7-11-21(23)29)22-17-20(31)13-14-24(22)34(26(30)35)18-19-9-5-4-6-10-19/h4-14,17,25,32H,15-16,18H2,1-3H3,(H,33,36)/t25-,29+,30-/m0/s1. The van der Waals surface area contributed by atoms with Gasteiger partial charge in [-0.15, -0.1) is 0 Å². The average molecular weight is 576 g/mol. The molecule has 7 nitrogen and oxygen atoms in total. The van der Waals surface area contributed by atoms with Crippen LogP contribution in [0.2, 0.25) is 0 Å². The van der Waals surface area contributed by atoms with Gasteiger partial charge >= 0.3 is 6.09 Å². The number of ether oxygens (including phenoxy) is 2. The van der Waals surface area contributed by atoms with Crippen molar-refractivity contribution in [1.29, 1.82) is 0 Å². The topological polar surface area (TPSA) is 79.9 Å². The van der Waals surface area contributed by atoms with Gasteiger partial charge in [-0.2, -0.15) is 0 Å². The highest BCUT2D eigenvalue weighted by Gasteiger charge is 2.72. The summed E-state index contributed by atoms with van der Waals surface area (Å²) >= 11 is 3.63. The van der Waals surface area contributed by atoms with Gasteiger partial charge in [0.1, 0.15) is 11.8 Å². The Hall–Kier alpha value is -3.36. The molecule has 0 bridgehead atoms. The fraction of sp³-hybridized carbons (Fsp3) is 0.333. The summed E-state index contributed by atoms with van der Waals surface area (Å²) in [5.74, 6) is -0.214. The molecule has 1 saturated heterocycles. The van der Waals surface area contributed by atoms with Crippen molar-refractivity contribution in [3.8, 4) is 0 Å². The Morgan fingerprint density at radius 1 is 1.11 bits per heavy atom. The minimum Gasteiger partial charge on any atom is -0.444 e. The monoisotopic (exact) mass is 575 g/mol. The highest BCUT2D eigenvalue weighted by molar-refractivity contribution is 9.10. The first-order valence-electron chi connectivity index (χ1n) is 12.8. The summed E-state index contributed by atoms with van der Waals surface area (Å²) in [5.41, 5.74) is 1.17. The SMILES string of the molecule is CC(C)(C)OC(=O)N[C@]1([C@@]23CCO[C@@H]2Nc2ccccc23)C(=O)N(Cc2ccccc2)c2ccc(Br)cc21. The maximum atomic E-state index is 15.0. The van der Waals surface area contributed by atoms with E-state index in [-0.39, 0.29) is 5.91 Å². The second kappa shape index (κ2) is 8.85. The number of alkyl carbamates (subject to hydrolysis) is 1. The quantitative estimate of drug-likeness (QED) is 0.409. The Morgan fingerprint density at radius 2 is 1.84 bits per heavy atom. The van der Waals surface area contributed by atoms with Gasteiger partial charge in [0.25, 0.3) is 5.91 Å². The van der Waals surface area contributed by atoms with Gasteiger partial charge in [0.15, 0.2) is 5.54 Å². The van der Waals surface area contributed by atoms with Crippen LogP contribution in [0.25, 0.3) is 0 Å². The number of rotatable bonds is 4. The molecule has 3 aromatic rings. The van der Waals surface area contributed by atoms with Crippen LogP contribution in [0.15, 0.2) is 77.3 Å². The molecule has 0 saturated carbocycles. The van der Waals surface area contributed by atoms with E-state index in [0.717, 1.165) is 27.0 Å². The molecule has 3 heterocycles. The van der Waals surface area contributed by atoms with E-state index in [1.54, 1.807) is 4.90 Å². The first kappa shape index (κ1) is 24.9. The van der Waals surface area contributed by atoms with Crippen molar-refractivity contribution in [2.24, 2.45) is 0 Å². The van der Waals surface area contributed by atoms with E-state index in [0.29, 0.717) is 25.1 Å². The number of anilines is 2. The summed E-state index contributed by atoms with van der Waals surface area (Å²) in [5, 5.41) is 6.64. The van der Waals surface area contributed by atoms with Crippen LogP contribution in [0.3, 0.4) is 0 Å². The maximum Gasteiger partial charge on any atom is 0.408 e. The van der Waals surface area contributed by atoms with E-state index in [4.69, 9.17) is 9.47 Å². The Labute approximate surface area is 230 Å². The minimum atomic E-state index is -1.48. The Bertz CT molecular complexity index is 1420. The number of hydrogen-bond donors (Lipinski definition) is 2. The maximum absolute atomic E-state index is 15.0. The van der Waals surface area contributed by atoms with Gasteiger partial charge in [-0.05, 0) is 62.6 Å². The van der Waals surface area contributed by atoms with Crippen LogP contribution in [-0.4, -0.2) is 30.4 Å². The van der Waals surface area contributed by atoms with Crippen molar-refractivity contribution in [1.82, 2.24) is 5.32 Å². The molecule has 0 unspecified atom stereocenters. The number of halogens is 1. The molecule has 1 fully saturated rings. The van der Waals surface area contributed by atoms with E-state index in [1.165, 1.54) is 0 Å². The second-order valence-electron chi connectivity index (χ2n) is 11.1. The zero-order chi connectivity index (χ0) is 26.7. The van der Waals surface area contributed by atoms with Crippen LogP contribution in [0, 0.1) is 0 Å². The first-order chi connectivity index (χ1) is 18.2. The number of amides is 2. The predicted octanol–water partition coefficient (Wildman–Crippen LogP) is 5.83. The number of hydrogen-bond acceptors (Lipinski definition) is 5. The van der Waals surface area contributed by atoms with E-state index >= 15 is 0 Å². The van der Waals surface area contributed by atoms with Gasteiger partial charge < -0.3 is 25.0 Å². The molecular formula is C30H30BrN3O4. The summed E-state index contributed by atoms with van der Waals surface area (Å²) in [7, 11) is 0. The van der Waals surface area contributed by atoms with E-state index in [2.05, 4.69) is 26.6 Å². The normalized spacial score (nSPS) is 25.4. The third kappa shape index (κ3) is 3.65. The fourth-order valence-corrected chi connectivity index (χ4v) is 6.65. The molecule has 3 aromatic carbocycles. The van der Waals surface area contributed by atoms with Crippen LogP contribution in [0.1, 0.15) is 43.9 Å². The van der Waals surface area contributed by atoms with Gasteiger partial charge in [0.05, 0.1) is 24.3 Å². The molecule has 0 radical (unpaired) electrons. The number of para-hydroxylation sites is 1. The van der Waals surface area contributed by atoms with Crippen LogP contribution in [0.4, 0.5) is 16.2 Å². The molecule has 196 valence electrons. The van der Waals surface area contributed by atoms with Crippen molar-refractivity contribution >= 4 is 39.3 Å². The highest BCUT2D eigenvalue weighted by atomic mass is 79.9. The number of nitrogens with one attached hydrogen (secondary N) is 2. The fourth-order valence-electron chi connectivity index (χ4n) is 6.29. The zero-order valence-electron chi connectivity index (χ0n) is 21.6. The van der Waals surface area contributed by atoms with Crippen molar-refractivity contribution < 1.29 is 19.1 Å². The van der Waals surface area contributed by atoms with Crippen molar-refractivity contribution in [3.05, 3.63) is 94.0 Å². The number of carbonyl (C=O) groups is 2. The van der Waals surface area contributed by atoms with Crippen molar-refractivity contribution in [2.75, 3.05) is 16.8 Å².